The van der Waals surface area contributed by atoms with Crippen molar-refractivity contribution in [2.24, 2.45) is 23.2 Å². The SMILES string of the molecule is C[C@H](CCCC(C)(C)O)[C@H]1CC[C@@H]2/C(=C/C=C3C[C@@H](O)C(P)[C@H](O)C3)CCC[C@@]21C. The van der Waals surface area contributed by atoms with Gasteiger partial charge in [0.25, 0.3) is 0 Å². The fourth-order valence-electron chi connectivity index (χ4n) is 6.78. The molecule has 1 unspecified atom stereocenters. The van der Waals surface area contributed by atoms with Crippen molar-refractivity contribution >= 4 is 9.24 Å². The van der Waals surface area contributed by atoms with E-state index in [1.807, 2.05) is 13.8 Å². The van der Waals surface area contributed by atoms with Gasteiger partial charge in [0, 0.05) is 5.66 Å². The van der Waals surface area contributed by atoms with Gasteiger partial charge in [-0.3, -0.25) is 0 Å². The highest BCUT2D eigenvalue weighted by atomic mass is 31.0. The first-order valence-corrected chi connectivity index (χ1v) is 12.9. The molecule has 3 aliphatic rings. The summed E-state index contributed by atoms with van der Waals surface area (Å²) in [6, 6.07) is 0. The molecule has 0 aromatic heterocycles. The van der Waals surface area contributed by atoms with Gasteiger partial charge in [0.1, 0.15) is 0 Å². The van der Waals surface area contributed by atoms with Crippen molar-refractivity contribution in [2.75, 3.05) is 0 Å². The molecule has 0 heterocycles. The molecular formula is C26H45O3P. The zero-order valence-electron chi connectivity index (χ0n) is 19.6. The molecule has 4 heteroatoms. The first-order valence-electron chi connectivity index (χ1n) is 12.2. The largest absolute Gasteiger partial charge is 0.392 e. The first kappa shape index (κ1) is 24.4. The highest BCUT2D eigenvalue weighted by molar-refractivity contribution is 7.17. The van der Waals surface area contributed by atoms with Crippen molar-refractivity contribution in [3.05, 3.63) is 23.3 Å². The summed E-state index contributed by atoms with van der Waals surface area (Å²) in [6.45, 7) is 8.81. The Morgan fingerprint density at radius 3 is 2.47 bits per heavy atom. The fraction of sp³-hybridized carbons (Fsp3) is 0.846. The van der Waals surface area contributed by atoms with Gasteiger partial charge < -0.3 is 15.3 Å². The summed E-state index contributed by atoms with van der Waals surface area (Å²) < 4.78 is 0. The summed E-state index contributed by atoms with van der Waals surface area (Å²) in [4.78, 5) is 0. The molecule has 0 aromatic carbocycles. The summed E-state index contributed by atoms with van der Waals surface area (Å²) in [5, 5.41) is 30.4. The molecule has 3 nitrogen and oxygen atoms in total. The lowest BCUT2D eigenvalue weighted by molar-refractivity contribution is 0.0595. The van der Waals surface area contributed by atoms with E-state index < -0.39 is 17.8 Å². The maximum absolute atomic E-state index is 10.2. The molecule has 3 rings (SSSR count). The molecule has 3 saturated carbocycles. The van der Waals surface area contributed by atoms with Crippen molar-refractivity contribution in [1.29, 1.82) is 0 Å². The zero-order chi connectivity index (χ0) is 22.1. The van der Waals surface area contributed by atoms with Crippen LogP contribution in [0.25, 0.3) is 0 Å². The Morgan fingerprint density at radius 1 is 1.17 bits per heavy atom. The summed E-state index contributed by atoms with van der Waals surface area (Å²) in [5.41, 5.74) is 2.52. The molecule has 0 aliphatic heterocycles. The minimum Gasteiger partial charge on any atom is -0.392 e. The Kier molecular flexibility index (Phi) is 7.93. The fourth-order valence-corrected chi connectivity index (χ4v) is 7.05. The van der Waals surface area contributed by atoms with E-state index in [9.17, 15) is 15.3 Å². The van der Waals surface area contributed by atoms with E-state index in [0.717, 1.165) is 18.8 Å². The van der Waals surface area contributed by atoms with Crippen LogP contribution in [0, 0.1) is 23.2 Å². The quantitative estimate of drug-likeness (QED) is 0.489. The van der Waals surface area contributed by atoms with E-state index in [-0.39, 0.29) is 5.66 Å². The summed E-state index contributed by atoms with van der Waals surface area (Å²) in [7, 11) is 2.60. The Hall–Kier alpha value is -0.210. The molecule has 0 aromatic rings. The van der Waals surface area contributed by atoms with Crippen LogP contribution >= 0.6 is 9.24 Å². The van der Waals surface area contributed by atoms with Crippen LogP contribution in [0.5, 0.6) is 0 Å². The lowest BCUT2D eigenvalue weighted by Crippen LogP contribution is -2.37. The first-order chi connectivity index (χ1) is 14.0. The maximum atomic E-state index is 10.2. The molecule has 3 N–H and O–H groups in total. The van der Waals surface area contributed by atoms with Gasteiger partial charge in [-0.05, 0) is 88.4 Å². The number of hydrogen-bond donors (Lipinski definition) is 3. The smallest absolute Gasteiger partial charge is 0.0664 e. The van der Waals surface area contributed by atoms with E-state index >= 15 is 0 Å². The molecular weight excluding hydrogens is 391 g/mol. The van der Waals surface area contributed by atoms with Gasteiger partial charge in [0.15, 0.2) is 0 Å². The van der Waals surface area contributed by atoms with Crippen molar-refractivity contribution < 1.29 is 15.3 Å². The number of fused-ring (bicyclic) bond motifs is 1. The predicted octanol–water partition coefficient (Wildman–Crippen LogP) is 5.39. The Bertz CT molecular complexity index is 635. The number of aliphatic hydroxyl groups excluding tert-OH is 2. The highest BCUT2D eigenvalue weighted by Crippen LogP contribution is 2.60. The molecule has 0 bridgehead atoms. The van der Waals surface area contributed by atoms with Crippen molar-refractivity contribution in [1.82, 2.24) is 0 Å². The van der Waals surface area contributed by atoms with Gasteiger partial charge in [-0.15, -0.1) is 9.24 Å². The maximum Gasteiger partial charge on any atom is 0.0664 e. The number of allylic oxidation sites excluding steroid dienone is 3. The van der Waals surface area contributed by atoms with E-state index in [1.165, 1.54) is 44.1 Å². The van der Waals surface area contributed by atoms with Crippen molar-refractivity contribution in [2.45, 2.75) is 115 Å². The van der Waals surface area contributed by atoms with Crippen LogP contribution in [0.1, 0.15) is 91.9 Å². The number of hydrogen-bond acceptors (Lipinski definition) is 3. The van der Waals surface area contributed by atoms with Crippen LogP contribution in [0.3, 0.4) is 0 Å². The van der Waals surface area contributed by atoms with Crippen LogP contribution in [0.15, 0.2) is 23.3 Å². The van der Waals surface area contributed by atoms with Gasteiger partial charge in [0.05, 0.1) is 17.8 Å². The normalized spacial score (nSPS) is 39.8. The topological polar surface area (TPSA) is 60.7 Å². The molecule has 0 radical (unpaired) electrons. The van der Waals surface area contributed by atoms with Gasteiger partial charge in [-0.25, -0.2) is 0 Å². The second-order valence-electron chi connectivity index (χ2n) is 11.5. The minimum atomic E-state index is -0.549. The van der Waals surface area contributed by atoms with Crippen LogP contribution in [0.2, 0.25) is 0 Å². The third kappa shape index (κ3) is 5.58. The highest BCUT2D eigenvalue weighted by Gasteiger charge is 2.50. The van der Waals surface area contributed by atoms with Crippen molar-refractivity contribution in [3.8, 4) is 0 Å². The van der Waals surface area contributed by atoms with Crippen LogP contribution < -0.4 is 0 Å². The number of rotatable bonds is 6. The van der Waals surface area contributed by atoms with E-state index in [4.69, 9.17) is 0 Å². The predicted molar refractivity (Wildman–Crippen MR) is 128 cm³/mol. The van der Waals surface area contributed by atoms with Gasteiger partial charge in [-0.2, -0.15) is 0 Å². The second kappa shape index (κ2) is 9.74. The third-order valence-electron chi connectivity index (χ3n) is 8.54. The lowest BCUT2D eigenvalue weighted by atomic mass is 9.60. The molecule has 3 fully saturated rings. The molecule has 3 aliphatic carbocycles. The van der Waals surface area contributed by atoms with Crippen LogP contribution in [-0.2, 0) is 0 Å². The van der Waals surface area contributed by atoms with Gasteiger partial charge in [0.2, 0.25) is 0 Å². The minimum absolute atomic E-state index is 0.110. The Morgan fingerprint density at radius 2 is 1.83 bits per heavy atom. The van der Waals surface area contributed by atoms with Crippen molar-refractivity contribution in [3.63, 3.8) is 0 Å². The monoisotopic (exact) mass is 436 g/mol. The molecule has 0 saturated heterocycles. The summed E-state index contributed by atoms with van der Waals surface area (Å²) in [5.74, 6) is 2.16. The van der Waals surface area contributed by atoms with E-state index in [0.29, 0.717) is 30.1 Å². The zero-order valence-corrected chi connectivity index (χ0v) is 20.8. The molecule has 172 valence electrons. The Labute approximate surface area is 186 Å². The third-order valence-corrected chi connectivity index (χ3v) is 9.43. The van der Waals surface area contributed by atoms with E-state index in [1.54, 1.807) is 5.57 Å². The lowest BCUT2D eigenvalue weighted by Gasteiger charge is -2.44. The number of aliphatic hydroxyl groups is 3. The molecule has 7 atom stereocenters. The summed E-state index contributed by atoms with van der Waals surface area (Å²) >= 11 is 0. The van der Waals surface area contributed by atoms with Crippen LogP contribution in [0.4, 0.5) is 0 Å². The summed E-state index contributed by atoms with van der Waals surface area (Å²) in [6.07, 6.45) is 14.6. The second-order valence-corrected chi connectivity index (χ2v) is 12.2. The van der Waals surface area contributed by atoms with Crippen LogP contribution in [-0.4, -0.2) is 38.8 Å². The molecule has 0 amide bonds. The standard InChI is InChI=1S/C26H45O3P/c1-17(7-5-13-25(2,3)29)20-11-12-21-19(8-6-14-26(20,21)4)10-9-18-15-22(27)24(30)23(28)16-18/h9-10,17,20-24,27-29H,5-8,11-16,30H2,1-4H3/b18-9?,19-10+/t17-,20-,21-,22-,23-,24?,26-/m1/s1. The van der Waals surface area contributed by atoms with Gasteiger partial charge in [-0.1, -0.05) is 50.0 Å². The average Bonchev–Trinajstić information content (AvgIpc) is 3.00. The molecule has 0 spiro atoms. The van der Waals surface area contributed by atoms with Gasteiger partial charge >= 0.3 is 0 Å². The average molecular weight is 437 g/mol. The molecule has 30 heavy (non-hydrogen) atoms. The Balaban J connectivity index is 1.67. The van der Waals surface area contributed by atoms with E-state index in [2.05, 4.69) is 35.2 Å².